The molecule has 0 N–H and O–H groups in total. The van der Waals surface area contributed by atoms with Gasteiger partial charge < -0.3 is 0 Å². The summed E-state index contributed by atoms with van der Waals surface area (Å²) in [6, 6.07) is 0. The predicted molar refractivity (Wildman–Crippen MR) is 69.8 cm³/mol. The Balaban J connectivity index is 3.96. The van der Waals surface area contributed by atoms with Gasteiger partial charge in [-0.15, -0.1) is 0 Å². The molecule has 1 rings (SSSR count). The van der Waals surface area contributed by atoms with Gasteiger partial charge in [0, 0.05) is 0 Å². The van der Waals surface area contributed by atoms with Crippen LogP contribution in [0.15, 0.2) is 0 Å². The summed E-state index contributed by atoms with van der Waals surface area (Å²) in [6.07, 6.45) is -58.9. The number of rotatable bonds is 6. The Labute approximate surface area is 179 Å². The summed E-state index contributed by atoms with van der Waals surface area (Å²) >= 11 is 0. The molecule has 0 spiro atoms. The third-order valence-corrected chi connectivity index (χ3v) is 6.18. The van der Waals surface area contributed by atoms with Crippen molar-refractivity contribution in [2.24, 2.45) is 0 Å². The van der Waals surface area contributed by atoms with Gasteiger partial charge in [0.25, 0.3) is 0 Å². The molecule has 1 fully saturated rings. The Morgan fingerprint density at radius 3 is 0.714 bits per heavy atom. The average Bonchev–Trinajstić information content (AvgIpc) is 2.96. The number of halogens is 18. The summed E-state index contributed by atoms with van der Waals surface area (Å²) in [4.78, 5) is 0. The van der Waals surface area contributed by atoms with Gasteiger partial charge in [0.2, 0.25) is 0 Å². The van der Waals surface area contributed by atoms with E-state index in [1.54, 1.807) is 0 Å². The molecule has 1 heterocycles. The molecule has 0 amide bonds. The van der Waals surface area contributed by atoms with Crippen LogP contribution in [-0.2, 0) is 22.6 Å². The Morgan fingerprint density at radius 2 is 0.571 bits per heavy atom. The number of alkyl halides is 18. The molecule has 0 aromatic rings. The fourth-order valence-corrected chi connectivity index (χ4v) is 5.18. The number of hydrogen-bond donors (Lipinski definition) is 0. The van der Waals surface area contributed by atoms with Gasteiger partial charge in [-0.3, -0.25) is 0 Å². The van der Waals surface area contributed by atoms with E-state index in [1.165, 1.54) is 0 Å². The van der Waals surface area contributed by atoms with E-state index in [9.17, 15) is 79.0 Å². The van der Waals surface area contributed by atoms with Gasteiger partial charge in [0.15, 0.2) is 0 Å². The normalized spacial score (nSPS) is 21.6. The standard InChI is InChI=1S/C11H7F18O5P/c12-6(13,14)3(7(15,16)17)32-35(30-1-2-31-35,33-4(8(18,19)20)9(21,22)23)34-5(10(24,25)26)11(27,28)29/h3-5H,1-2H2. The van der Waals surface area contributed by atoms with Crippen molar-refractivity contribution in [1.82, 2.24) is 0 Å². The quantitative estimate of drug-likeness (QED) is 0.254. The van der Waals surface area contributed by atoms with Crippen molar-refractivity contribution in [2.75, 3.05) is 13.2 Å². The summed E-state index contributed by atoms with van der Waals surface area (Å²) < 4.78 is 248. The average molecular weight is 592 g/mol. The van der Waals surface area contributed by atoms with E-state index in [4.69, 9.17) is 0 Å². The molecule has 0 atom stereocenters. The molecule has 0 saturated carbocycles. The van der Waals surface area contributed by atoms with Gasteiger partial charge in [-0.2, -0.15) is 0 Å². The van der Waals surface area contributed by atoms with Crippen LogP contribution in [0, 0.1) is 0 Å². The Morgan fingerprint density at radius 1 is 0.400 bits per heavy atom. The second kappa shape index (κ2) is 9.07. The topological polar surface area (TPSA) is 46.2 Å². The molecule has 1 saturated heterocycles. The van der Waals surface area contributed by atoms with Crippen LogP contribution in [0.2, 0.25) is 0 Å². The van der Waals surface area contributed by atoms with Crippen LogP contribution in [0.25, 0.3) is 0 Å². The van der Waals surface area contributed by atoms with Gasteiger partial charge in [0.1, 0.15) is 0 Å². The molecule has 1 aliphatic rings. The molecule has 35 heavy (non-hydrogen) atoms. The molecule has 5 nitrogen and oxygen atoms in total. The summed E-state index contributed by atoms with van der Waals surface area (Å²) in [5, 5.41) is 0. The number of hydrogen-bond acceptors (Lipinski definition) is 5. The van der Waals surface area contributed by atoms with E-state index >= 15 is 0 Å². The van der Waals surface area contributed by atoms with Crippen LogP contribution in [0.5, 0.6) is 0 Å². The van der Waals surface area contributed by atoms with Crippen molar-refractivity contribution in [2.45, 2.75) is 55.4 Å². The zero-order valence-electron chi connectivity index (χ0n) is 15.4. The second-order valence-corrected chi connectivity index (χ2v) is 8.76. The fourth-order valence-electron chi connectivity index (χ4n) is 2.10. The molecule has 0 radical (unpaired) electrons. The van der Waals surface area contributed by atoms with E-state index in [1.807, 2.05) is 0 Å². The van der Waals surface area contributed by atoms with E-state index in [-0.39, 0.29) is 0 Å². The Hall–Kier alpha value is -1.03. The van der Waals surface area contributed by atoms with Crippen LogP contribution < -0.4 is 0 Å². The van der Waals surface area contributed by atoms with Crippen molar-refractivity contribution < 1.29 is 102 Å². The maximum absolute atomic E-state index is 12.9. The van der Waals surface area contributed by atoms with E-state index in [0.717, 1.165) is 0 Å². The first-order valence-electron chi connectivity index (χ1n) is 7.83. The first kappa shape index (κ1) is 32.0. The van der Waals surface area contributed by atoms with Crippen LogP contribution in [-0.4, -0.2) is 68.6 Å². The van der Waals surface area contributed by atoms with Crippen molar-refractivity contribution in [3.05, 3.63) is 0 Å². The summed E-state index contributed by atoms with van der Waals surface area (Å²) in [6.45, 7) is -3.66. The molecule has 0 unspecified atom stereocenters. The molecule has 1 aliphatic heterocycles. The van der Waals surface area contributed by atoms with Gasteiger partial charge in [-0.05, 0) is 0 Å². The van der Waals surface area contributed by atoms with Gasteiger partial charge in [-0.1, -0.05) is 0 Å². The van der Waals surface area contributed by atoms with Crippen LogP contribution in [0.1, 0.15) is 0 Å². The van der Waals surface area contributed by atoms with Crippen molar-refractivity contribution in [1.29, 1.82) is 0 Å². The van der Waals surface area contributed by atoms with Gasteiger partial charge >= 0.3 is 178 Å². The summed E-state index contributed by atoms with van der Waals surface area (Å²) in [5.74, 6) is 0. The van der Waals surface area contributed by atoms with E-state index in [0.29, 0.717) is 0 Å². The fraction of sp³-hybridized carbons (Fsp3) is 1.00. The Kier molecular flexibility index (Phi) is 8.29. The third-order valence-electron chi connectivity index (χ3n) is 3.30. The first-order chi connectivity index (χ1) is 15.0. The monoisotopic (exact) mass is 592 g/mol. The molecule has 212 valence electrons. The SMILES string of the molecule is FC(F)(F)C(OP1(OC(C(F)(F)F)C(F)(F)F)(OC(C(F)(F)F)C(F)(F)F)OCCO1)C(F)(F)F. The van der Waals surface area contributed by atoms with Gasteiger partial charge in [0.05, 0.1) is 0 Å². The molecular formula is C11H7F18O5P. The minimum atomic E-state index is -8.87. The third kappa shape index (κ3) is 7.73. The molecular weight excluding hydrogens is 585 g/mol. The van der Waals surface area contributed by atoms with Crippen LogP contribution in [0.3, 0.4) is 0 Å². The summed E-state index contributed by atoms with van der Waals surface area (Å²) in [5.41, 5.74) is 0. The van der Waals surface area contributed by atoms with E-state index in [2.05, 4.69) is 22.6 Å². The maximum atomic E-state index is 12.9. The minimum absolute atomic E-state index is 1.83. The van der Waals surface area contributed by atoms with E-state index < -0.39 is 76.3 Å². The first-order valence-corrected chi connectivity index (χ1v) is 9.66. The molecule has 24 heteroatoms. The zero-order valence-corrected chi connectivity index (χ0v) is 16.3. The predicted octanol–water partition coefficient (Wildman–Crippen LogP) is 6.69. The molecule has 0 aliphatic carbocycles. The van der Waals surface area contributed by atoms with Crippen molar-refractivity contribution in [3.8, 4) is 0 Å². The van der Waals surface area contributed by atoms with Crippen LogP contribution >= 0.6 is 7.74 Å². The zero-order chi connectivity index (χ0) is 28.1. The second-order valence-electron chi connectivity index (χ2n) is 6.12. The van der Waals surface area contributed by atoms with Gasteiger partial charge in [-0.25, -0.2) is 0 Å². The summed E-state index contributed by atoms with van der Waals surface area (Å²) in [7, 11) is -8.87. The van der Waals surface area contributed by atoms with Crippen LogP contribution in [0.4, 0.5) is 79.0 Å². The molecule has 0 aromatic carbocycles. The molecule has 0 aromatic heterocycles. The van der Waals surface area contributed by atoms with Crippen molar-refractivity contribution >= 4 is 7.74 Å². The Bertz CT molecular complexity index is 594. The van der Waals surface area contributed by atoms with Crippen molar-refractivity contribution in [3.63, 3.8) is 0 Å². The molecule has 0 bridgehead atoms.